The molecule has 8 heavy (non-hydrogen) atoms. The van der Waals surface area contributed by atoms with Gasteiger partial charge in [-0.15, -0.1) is 0 Å². The van der Waals surface area contributed by atoms with Gasteiger partial charge in [-0.05, 0) is 11.1 Å². The van der Waals surface area contributed by atoms with Crippen LogP contribution in [0.4, 0.5) is 0 Å². The maximum atomic E-state index is 3.09. The van der Waals surface area contributed by atoms with Gasteiger partial charge in [0.1, 0.15) is 0 Å². The first-order chi connectivity index (χ1) is 3.97. The van der Waals surface area contributed by atoms with Crippen LogP contribution in [0, 0.1) is 12.7 Å². The molecular formula is C6H6N2. The molecule has 1 aliphatic heterocycles. The Hall–Kier alpha value is -0.760. The highest BCUT2D eigenvalue weighted by atomic mass is 14.9. The van der Waals surface area contributed by atoms with Crippen molar-refractivity contribution in [1.82, 2.24) is 10.3 Å². The number of H-pyrrole nitrogens is 1. The number of aromatic nitrogens is 1. The van der Waals surface area contributed by atoms with Gasteiger partial charge >= 0.3 is 0 Å². The molecule has 2 heteroatoms. The smallest absolute Gasteiger partial charge is 0.0672 e. The largest absolute Gasteiger partial charge is 0.359 e. The summed E-state index contributed by atoms with van der Waals surface area (Å²) >= 11 is 0. The molecule has 1 aromatic rings. The van der Waals surface area contributed by atoms with Crippen molar-refractivity contribution in [2.24, 2.45) is 0 Å². The SMILES string of the molecule is [c]1[nH]cc2c1CN[CH]2. The van der Waals surface area contributed by atoms with E-state index < -0.39 is 0 Å². The van der Waals surface area contributed by atoms with Crippen molar-refractivity contribution in [3.8, 4) is 0 Å². The fraction of sp³-hybridized carbons (Fsp3) is 0.167. The molecule has 0 atom stereocenters. The normalized spacial score (nSPS) is 16.5. The molecule has 0 spiro atoms. The molecule has 2 radical (unpaired) electrons. The van der Waals surface area contributed by atoms with Gasteiger partial charge in [0, 0.05) is 12.7 Å². The molecule has 0 amide bonds. The molecule has 2 nitrogen and oxygen atoms in total. The van der Waals surface area contributed by atoms with Crippen molar-refractivity contribution in [2.45, 2.75) is 6.54 Å². The Kier molecular flexibility index (Phi) is 0.704. The predicted molar refractivity (Wildman–Crippen MR) is 29.9 cm³/mol. The van der Waals surface area contributed by atoms with Gasteiger partial charge < -0.3 is 10.3 Å². The Balaban J connectivity index is 2.54. The Labute approximate surface area is 47.9 Å². The van der Waals surface area contributed by atoms with Crippen molar-refractivity contribution in [3.63, 3.8) is 0 Å². The summed E-state index contributed by atoms with van der Waals surface area (Å²) in [5.41, 5.74) is 2.48. The summed E-state index contributed by atoms with van der Waals surface area (Å²) in [6.07, 6.45) is 4.94. The fourth-order valence-electron chi connectivity index (χ4n) is 0.898. The summed E-state index contributed by atoms with van der Waals surface area (Å²) in [5, 5.41) is 3.09. The second-order valence-electron chi connectivity index (χ2n) is 1.87. The van der Waals surface area contributed by atoms with E-state index in [1.807, 2.05) is 12.7 Å². The van der Waals surface area contributed by atoms with E-state index in [1.165, 1.54) is 11.1 Å². The molecule has 2 heterocycles. The van der Waals surface area contributed by atoms with Crippen molar-refractivity contribution in [2.75, 3.05) is 0 Å². The zero-order chi connectivity index (χ0) is 5.40. The minimum absolute atomic E-state index is 0.929. The minimum Gasteiger partial charge on any atom is -0.359 e. The lowest BCUT2D eigenvalue weighted by atomic mass is 10.2. The van der Waals surface area contributed by atoms with Crippen LogP contribution in [0.5, 0.6) is 0 Å². The van der Waals surface area contributed by atoms with E-state index in [9.17, 15) is 0 Å². The van der Waals surface area contributed by atoms with Gasteiger partial charge in [0.05, 0.1) is 12.7 Å². The van der Waals surface area contributed by atoms with E-state index in [0.29, 0.717) is 0 Å². The van der Waals surface area contributed by atoms with Gasteiger partial charge in [-0.1, -0.05) is 0 Å². The molecule has 0 saturated heterocycles. The first-order valence-corrected chi connectivity index (χ1v) is 2.61. The zero-order valence-electron chi connectivity index (χ0n) is 4.36. The lowest BCUT2D eigenvalue weighted by Crippen LogP contribution is -1.98. The number of hydrogen-bond acceptors (Lipinski definition) is 1. The molecule has 0 saturated carbocycles. The third kappa shape index (κ3) is 0.406. The second-order valence-corrected chi connectivity index (χ2v) is 1.87. The topological polar surface area (TPSA) is 27.8 Å². The Bertz CT molecular complexity index is 172. The summed E-state index contributed by atoms with van der Waals surface area (Å²) in [7, 11) is 0. The maximum absolute atomic E-state index is 3.09. The fourth-order valence-corrected chi connectivity index (χ4v) is 0.898. The van der Waals surface area contributed by atoms with E-state index in [0.717, 1.165) is 6.54 Å². The van der Waals surface area contributed by atoms with Crippen molar-refractivity contribution >= 4 is 0 Å². The van der Waals surface area contributed by atoms with Gasteiger partial charge in [0.15, 0.2) is 0 Å². The third-order valence-corrected chi connectivity index (χ3v) is 1.34. The molecule has 1 aromatic heterocycles. The predicted octanol–water partition coefficient (Wildman–Crippen LogP) is 0.428. The highest BCUT2D eigenvalue weighted by molar-refractivity contribution is 5.32. The first-order valence-electron chi connectivity index (χ1n) is 2.61. The van der Waals surface area contributed by atoms with Gasteiger partial charge in [-0.2, -0.15) is 0 Å². The average molecular weight is 106 g/mol. The van der Waals surface area contributed by atoms with Crippen LogP contribution in [0.2, 0.25) is 0 Å². The number of fused-ring (bicyclic) bond motifs is 1. The molecule has 2 N–H and O–H groups in total. The highest BCUT2D eigenvalue weighted by Crippen LogP contribution is 2.13. The Morgan fingerprint density at radius 3 is 3.50 bits per heavy atom. The summed E-state index contributed by atoms with van der Waals surface area (Å²) in [4.78, 5) is 2.90. The van der Waals surface area contributed by atoms with Crippen LogP contribution >= 0.6 is 0 Å². The lowest BCUT2D eigenvalue weighted by Gasteiger charge is -1.81. The third-order valence-electron chi connectivity index (χ3n) is 1.34. The molecule has 2 rings (SSSR count). The molecule has 0 bridgehead atoms. The average Bonchev–Trinajstić information content (AvgIpc) is 2.15. The van der Waals surface area contributed by atoms with Crippen LogP contribution in [0.15, 0.2) is 6.20 Å². The molecule has 40 valence electrons. The van der Waals surface area contributed by atoms with E-state index >= 15 is 0 Å². The Morgan fingerprint density at radius 1 is 1.62 bits per heavy atom. The summed E-state index contributed by atoms with van der Waals surface area (Å²) < 4.78 is 0. The van der Waals surface area contributed by atoms with Crippen LogP contribution in [0.3, 0.4) is 0 Å². The zero-order valence-corrected chi connectivity index (χ0v) is 4.36. The highest BCUT2D eigenvalue weighted by Gasteiger charge is 2.09. The van der Waals surface area contributed by atoms with Crippen LogP contribution in [-0.4, -0.2) is 4.98 Å². The van der Waals surface area contributed by atoms with Gasteiger partial charge in [-0.25, -0.2) is 0 Å². The summed E-state index contributed by atoms with van der Waals surface area (Å²) in [6, 6.07) is 0. The standard InChI is InChI=1S/C6H6N2/c1-5-2-8-4-6(5)3-7-1/h1-2,7-8H,3H2. The number of aromatic amines is 1. The minimum atomic E-state index is 0.929. The maximum Gasteiger partial charge on any atom is 0.0672 e. The van der Waals surface area contributed by atoms with Gasteiger partial charge in [-0.3, -0.25) is 0 Å². The number of nitrogens with one attached hydrogen (secondary N) is 2. The quantitative estimate of drug-likeness (QED) is 0.493. The molecule has 0 aliphatic carbocycles. The Morgan fingerprint density at radius 2 is 2.62 bits per heavy atom. The van der Waals surface area contributed by atoms with Crippen LogP contribution in [-0.2, 0) is 6.54 Å². The molecular weight excluding hydrogens is 100 g/mol. The molecule has 0 unspecified atom stereocenters. The van der Waals surface area contributed by atoms with E-state index in [2.05, 4.69) is 16.5 Å². The first kappa shape index (κ1) is 4.15. The lowest BCUT2D eigenvalue weighted by molar-refractivity contribution is 0.878. The van der Waals surface area contributed by atoms with Crippen LogP contribution < -0.4 is 5.32 Å². The van der Waals surface area contributed by atoms with Crippen LogP contribution in [0.1, 0.15) is 11.1 Å². The monoisotopic (exact) mass is 106 g/mol. The summed E-state index contributed by atoms with van der Waals surface area (Å²) in [6.45, 7) is 2.92. The van der Waals surface area contributed by atoms with Gasteiger partial charge in [0.2, 0.25) is 0 Å². The number of rotatable bonds is 0. The molecule has 0 fully saturated rings. The molecule has 0 aromatic carbocycles. The van der Waals surface area contributed by atoms with E-state index in [1.54, 1.807) is 0 Å². The van der Waals surface area contributed by atoms with Gasteiger partial charge in [0.25, 0.3) is 0 Å². The van der Waals surface area contributed by atoms with E-state index in [-0.39, 0.29) is 0 Å². The molecule has 1 aliphatic rings. The van der Waals surface area contributed by atoms with Crippen LogP contribution in [0.25, 0.3) is 0 Å². The second kappa shape index (κ2) is 1.36. The number of hydrogen-bond donors (Lipinski definition) is 2. The van der Waals surface area contributed by atoms with Crippen molar-refractivity contribution in [1.29, 1.82) is 0 Å². The van der Waals surface area contributed by atoms with Crippen molar-refractivity contribution in [3.05, 3.63) is 30.1 Å². The van der Waals surface area contributed by atoms with Crippen molar-refractivity contribution < 1.29 is 0 Å². The summed E-state index contributed by atoms with van der Waals surface area (Å²) in [5.74, 6) is 0. The van der Waals surface area contributed by atoms with E-state index in [4.69, 9.17) is 0 Å².